The summed E-state index contributed by atoms with van der Waals surface area (Å²) in [5.74, 6) is 0.489. The average molecular weight is 285 g/mol. The number of Topliss-reactive ketones (excluding diaryl/α,β-unsaturated/α-hetero) is 1. The summed E-state index contributed by atoms with van der Waals surface area (Å²) in [5, 5.41) is 0.344. The van der Waals surface area contributed by atoms with Gasteiger partial charge in [-0.15, -0.1) is 0 Å². The normalized spacial score (nSPS) is 17.9. The van der Waals surface area contributed by atoms with Crippen LogP contribution in [0.2, 0.25) is 0 Å². The highest BCUT2D eigenvalue weighted by Crippen LogP contribution is 2.47. The summed E-state index contributed by atoms with van der Waals surface area (Å²) in [5.41, 5.74) is 2.85. The van der Waals surface area contributed by atoms with E-state index in [9.17, 15) is 4.79 Å². The summed E-state index contributed by atoms with van der Waals surface area (Å²) >= 11 is 6.11. The van der Waals surface area contributed by atoms with E-state index >= 15 is 0 Å². The van der Waals surface area contributed by atoms with Gasteiger partial charge in [0.05, 0.1) is 18.1 Å². The Kier molecular flexibility index (Phi) is 3.33. The first-order chi connectivity index (χ1) is 9.72. The van der Waals surface area contributed by atoms with E-state index in [0.29, 0.717) is 5.03 Å². The molecule has 0 unspecified atom stereocenters. The lowest BCUT2D eigenvalue weighted by Crippen LogP contribution is -2.25. The summed E-state index contributed by atoms with van der Waals surface area (Å²) in [6.07, 6.45) is 0. The number of rotatable bonds is 3. The molecule has 20 heavy (non-hydrogen) atoms. The topological polar surface area (TPSA) is 26.3 Å². The van der Waals surface area contributed by atoms with E-state index < -0.39 is 0 Å². The molecule has 0 fully saturated rings. The van der Waals surface area contributed by atoms with E-state index in [0.717, 1.165) is 22.4 Å². The smallest absolute Gasteiger partial charge is 0.186 e. The molecule has 1 aliphatic carbocycles. The maximum absolute atomic E-state index is 12.1. The quantitative estimate of drug-likeness (QED) is 0.851. The van der Waals surface area contributed by atoms with Crippen LogP contribution in [0.5, 0.6) is 5.75 Å². The summed E-state index contributed by atoms with van der Waals surface area (Å²) in [6.45, 7) is 0. The molecule has 0 aromatic heterocycles. The fourth-order valence-corrected chi connectivity index (χ4v) is 2.79. The lowest BCUT2D eigenvalue weighted by Gasteiger charge is -2.29. The number of hydrogen-bond acceptors (Lipinski definition) is 2. The van der Waals surface area contributed by atoms with Crippen molar-refractivity contribution in [2.45, 2.75) is 5.92 Å². The molecule has 0 bridgehead atoms. The molecule has 0 N–H and O–H groups in total. The van der Waals surface area contributed by atoms with Gasteiger partial charge < -0.3 is 4.74 Å². The molecule has 0 amide bonds. The number of ether oxygens (including phenoxy) is 1. The summed E-state index contributed by atoms with van der Waals surface area (Å²) in [4.78, 5) is 12.1. The van der Waals surface area contributed by atoms with Gasteiger partial charge in [0.2, 0.25) is 0 Å². The SMILES string of the molecule is COc1ccc([C@H]2C(=O)C(Cl)=C2c2ccccc2)cc1. The highest BCUT2D eigenvalue weighted by Gasteiger charge is 2.39. The Hall–Kier alpha value is -2.06. The molecule has 2 nitrogen and oxygen atoms in total. The molecule has 2 aromatic carbocycles. The van der Waals surface area contributed by atoms with Crippen molar-refractivity contribution in [2.75, 3.05) is 7.11 Å². The standard InChI is InChI=1S/C17H13ClO2/c1-20-13-9-7-12(8-10-13)15-14(16(18)17(15)19)11-5-3-2-4-6-11/h2-10,15H,1H3/t15-/m1/s1. The van der Waals surface area contributed by atoms with Crippen molar-refractivity contribution in [3.63, 3.8) is 0 Å². The van der Waals surface area contributed by atoms with Crippen molar-refractivity contribution >= 4 is 23.0 Å². The largest absolute Gasteiger partial charge is 0.497 e. The molecule has 0 heterocycles. The maximum atomic E-state index is 12.1. The van der Waals surface area contributed by atoms with Crippen molar-refractivity contribution in [1.29, 1.82) is 0 Å². The number of carbonyl (C=O) groups is 1. The minimum Gasteiger partial charge on any atom is -0.497 e. The van der Waals surface area contributed by atoms with Crippen LogP contribution in [-0.2, 0) is 4.79 Å². The zero-order valence-corrected chi connectivity index (χ0v) is 11.7. The fraction of sp³-hybridized carbons (Fsp3) is 0.118. The van der Waals surface area contributed by atoms with Gasteiger partial charge >= 0.3 is 0 Å². The van der Waals surface area contributed by atoms with Gasteiger partial charge in [-0.25, -0.2) is 0 Å². The van der Waals surface area contributed by atoms with E-state index in [4.69, 9.17) is 16.3 Å². The summed E-state index contributed by atoms with van der Waals surface area (Å²) in [6, 6.07) is 17.3. The van der Waals surface area contributed by atoms with Gasteiger partial charge in [-0.3, -0.25) is 4.79 Å². The lowest BCUT2D eigenvalue weighted by molar-refractivity contribution is -0.116. The first-order valence-corrected chi connectivity index (χ1v) is 6.73. The number of halogens is 1. The minimum absolute atomic E-state index is 0.0179. The molecule has 0 aliphatic heterocycles. The molecular formula is C17H13ClO2. The minimum atomic E-state index is -0.268. The van der Waals surface area contributed by atoms with E-state index in [1.165, 1.54) is 0 Å². The number of carbonyl (C=O) groups excluding carboxylic acids is 1. The molecule has 1 atom stereocenters. The first-order valence-electron chi connectivity index (χ1n) is 6.35. The number of benzene rings is 2. The van der Waals surface area contributed by atoms with Crippen LogP contribution in [0.15, 0.2) is 59.6 Å². The molecule has 1 aliphatic rings. The predicted octanol–water partition coefficient (Wildman–Crippen LogP) is 4.01. The Morgan fingerprint density at radius 3 is 2.25 bits per heavy atom. The molecule has 3 heteroatoms. The van der Waals surface area contributed by atoms with Gasteiger partial charge in [0, 0.05) is 0 Å². The lowest BCUT2D eigenvalue weighted by atomic mass is 9.75. The Balaban J connectivity index is 2.00. The Morgan fingerprint density at radius 1 is 1.00 bits per heavy atom. The first kappa shape index (κ1) is 12.9. The fourth-order valence-electron chi connectivity index (χ4n) is 2.47. The van der Waals surface area contributed by atoms with E-state index in [-0.39, 0.29) is 11.7 Å². The van der Waals surface area contributed by atoms with Gasteiger partial charge in [0.25, 0.3) is 0 Å². The third-order valence-corrected chi connectivity index (χ3v) is 3.93. The number of methoxy groups -OCH3 is 1. The van der Waals surface area contributed by atoms with Crippen LogP contribution in [0.1, 0.15) is 17.0 Å². The van der Waals surface area contributed by atoms with Gasteiger partial charge in [-0.05, 0) is 28.8 Å². The van der Waals surface area contributed by atoms with Crippen molar-refractivity contribution < 1.29 is 9.53 Å². The number of hydrogen-bond donors (Lipinski definition) is 0. The molecule has 100 valence electrons. The van der Waals surface area contributed by atoms with Gasteiger partial charge in [0.1, 0.15) is 5.75 Å². The average Bonchev–Trinajstić information content (AvgIpc) is 2.52. The molecular weight excluding hydrogens is 272 g/mol. The molecule has 0 saturated heterocycles. The van der Waals surface area contributed by atoms with E-state index in [2.05, 4.69) is 0 Å². The Labute approximate surface area is 122 Å². The maximum Gasteiger partial charge on any atom is 0.186 e. The van der Waals surface area contributed by atoms with Crippen LogP contribution in [0, 0.1) is 0 Å². The molecule has 0 radical (unpaired) electrons. The number of allylic oxidation sites excluding steroid dienone is 2. The van der Waals surface area contributed by atoms with Crippen LogP contribution in [0.4, 0.5) is 0 Å². The van der Waals surface area contributed by atoms with E-state index in [1.54, 1.807) is 7.11 Å². The van der Waals surface area contributed by atoms with Crippen LogP contribution < -0.4 is 4.74 Å². The second-order valence-electron chi connectivity index (χ2n) is 4.66. The van der Waals surface area contributed by atoms with Crippen molar-refractivity contribution in [3.8, 4) is 5.75 Å². The van der Waals surface area contributed by atoms with Gasteiger partial charge in [-0.2, -0.15) is 0 Å². The van der Waals surface area contributed by atoms with E-state index in [1.807, 2.05) is 54.6 Å². The van der Waals surface area contributed by atoms with Crippen molar-refractivity contribution in [1.82, 2.24) is 0 Å². The Bertz CT molecular complexity index is 672. The van der Waals surface area contributed by atoms with Crippen LogP contribution >= 0.6 is 11.6 Å². The molecule has 0 saturated carbocycles. The molecule has 2 aromatic rings. The third-order valence-electron chi connectivity index (χ3n) is 3.54. The second kappa shape index (κ2) is 5.14. The van der Waals surface area contributed by atoms with Gasteiger partial charge in [0.15, 0.2) is 5.78 Å². The Morgan fingerprint density at radius 2 is 1.65 bits per heavy atom. The van der Waals surface area contributed by atoms with Crippen molar-refractivity contribution in [3.05, 3.63) is 70.8 Å². The molecule has 0 spiro atoms. The summed E-state index contributed by atoms with van der Waals surface area (Å²) < 4.78 is 5.14. The number of ketones is 1. The highest BCUT2D eigenvalue weighted by molar-refractivity contribution is 6.52. The van der Waals surface area contributed by atoms with Crippen LogP contribution in [0.3, 0.4) is 0 Å². The van der Waals surface area contributed by atoms with Crippen LogP contribution in [0.25, 0.3) is 5.57 Å². The van der Waals surface area contributed by atoms with Crippen molar-refractivity contribution in [2.24, 2.45) is 0 Å². The highest BCUT2D eigenvalue weighted by atomic mass is 35.5. The second-order valence-corrected chi connectivity index (χ2v) is 5.04. The van der Waals surface area contributed by atoms with Crippen LogP contribution in [-0.4, -0.2) is 12.9 Å². The van der Waals surface area contributed by atoms with Gasteiger partial charge in [-0.1, -0.05) is 54.1 Å². The monoisotopic (exact) mass is 284 g/mol. The zero-order chi connectivity index (χ0) is 14.1. The summed E-state index contributed by atoms with van der Waals surface area (Å²) in [7, 11) is 1.62. The predicted molar refractivity (Wildman–Crippen MR) is 80.0 cm³/mol. The molecule has 3 rings (SSSR count). The third kappa shape index (κ3) is 2.02. The zero-order valence-electron chi connectivity index (χ0n) is 11.0.